The number of carboxylic acids is 1. The molecule has 0 aromatic heterocycles. The summed E-state index contributed by atoms with van der Waals surface area (Å²) in [6.07, 6.45) is 2.91. The number of unbranched alkanes of at least 4 members (excludes halogenated alkanes) is 1. The number of hydrogen-bond donors (Lipinski definition) is 4. The maximum Gasteiger partial charge on any atom is 0.320 e. The first-order chi connectivity index (χ1) is 6.09. The van der Waals surface area contributed by atoms with Crippen LogP contribution < -0.4 is 11.5 Å². The Labute approximate surface area is 76.8 Å². The first-order valence-electron chi connectivity index (χ1n) is 3.81. The van der Waals surface area contributed by atoms with Crippen LogP contribution in [-0.2, 0) is 4.79 Å². The van der Waals surface area contributed by atoms with Crippen LogP contribution in [0.3, 0.4) is 0 Å². The van der Waals surface area contributed by atoms with Gasteiger partial charge in [0.15, 0.2) is 0 Å². The van der Waals surface area contributed by atoms with Crippen molar-refractivity contribution in [2.45, 2.75) is 25.3 Å². The number of aliphatic hydroxyl groups excluding tert-OH is 1. The van der Waals surface area contributed by atoms with Crippen molar-refractivity contribution >= 4 is 5.97 Å². The molecule has 0 unspecified atom stereocenters. The van der Waals surface area contributed by atoms with Gasteiger partial charge in [0.25, 0.3) is 6.26 Å². The number of nitriles is 1. The Morgan fingerprint density at radius 1 is 1.54 bits per heavy atom. The van der Waals surface area contributed by atoms with Gasteiger partial charge in [-0.05, 0) is 19.4 Å². The lowest BCUT2D eigenvalue weighted by molar-refractivity contribution is -0.138. The lowest BCUT2D eigenvalue weighted by atomic mass is 10.1. The van der Waals surface area contributed by atoms with Gasteiger partial charge in [0.1, 0.15) is 6.04 Å². The molecule has 6 N–H and O–H groups in total. The van der Waals surface area contributed by atoms with E-state index in [1.165, 1.54) is 0 Å². The predicted octanol–water partition coefficient (Wildman–Crippen LogP) is -0.633. The van der Waals surface area contributed by atoms with Gasteiger partial charge in [0.05, 0.1) is 0 Å². The lowest BCUT2D eigenvalue weighted by Crippen LogP contribution is -2.29. The Bertz CT molecular complexity index is 167. The van der Waals surface area contributed by atoms with E-state index in [9.17, 15) is 4.79 Å². The van der Waals surface area contributed by atoms with E-state index in [-0.39, 0.29) is 0 Å². The number of nitrogens with two attached hydrogens (primary N) is 2. The molecule has 0 amide bonds. The minimum Gasteiger partial charge on any atom is -0.480 e. The highest BCUT2D eigenvalue weighted by atomic mass is 16.4. The molecule has 1 atom stereocenters. The van der Waals surface area contributed by atoms with E-state index in [2.05, 4.69) is 0 Å². The second-order valence-corrected chi connectivity index (χ2v) is 2.33. The highest BCUT2D eigenvalue weighted by Crippen LogP contribution is 1.96. The zero-order valence-electron chi connectivity index (χ0n) is 7.31. The maximum atomic E-state index is 10.1. The van der Waals surface area contributed by atoms with Crippen LogP contribution in [0, 0.1) is 11.5 Å². The summed E-state index contributed by atoms with van der Waals surface area (Å²) in [5, 5.41) is 22.1. The highest BCUT2D eigenvalue weighted by molar-refractivity contribution is 5.72. The predicted molar refractivity (Wildman–Crippen MR) is 46.1 cm³/mol. The Hall–Kier alpha value is -1.32. The molecule has 0 fully saturated rings. The zero-order valence-corrected chi connectivity index (χ0v) is 7.31. The molecule has 0 saturated carbocycles. The molecular formula is C7H15N3O3. The third kappa shape index (κ3) is 13.6. The lowest BCUT2D eigenvalue weighted by Gasteiger charge is -2.03. The summed E-state index contributed by atoms with van der Waals surface area (Å²) in [5.74, 6) is -0.933. The van der Waals surface area contributed by atoms with Crippen molar-refractivity contribution in [3.63, 3.8) is 0 Å². The third-order valence-electron chi connectivity index (χ3n) is 1.29. The van der Waals surface area contributed by atoms with Gasteiger partial charge in [0.2, 0.25) is 0 Å². The van der Waals surface area contributed by atoms with Gasteiger partial charge in [-0.15, -0.1) is 0 Å². The average molecular weight is 189 g/mol. The Morgan fingerprint density at radius 3 is 2.31 bits per heavy atom. The summed E-state index contributed by atoms with van der Waals surface area (Å²) >= 11 is 0. The van der Waals surface area contributed by atoms with Gasteiger partial charge in [-0.1, -0.05) is 6.42 Å². The van der Waals surface area contributed by atoms with E-state index < -0.39 is 12.0 Å². The van der Waals surface area contributed by atoms with Crippen LogP contribution in [0.5, 0.6) is 0 Å². The molecule has 0 saturated heterocycles. The molecule has 0 aromatic carbocycles. The molecule has 13 heavy (non-hydrogen) atoms. The van der Waals surface area contributed by atoms with Gasteiger partial charge in [0, 0.05) is 0 Å². The number of aliphatic carboxylic acids is 1. The molecule has 0 rings (SSSR count). The number of rotatable bonds is 5. The van der Waals surface area contributed by atoms with E-state index in [0.29, 0.717) is 13.0 Å². The fraction of sp³-hybridized carbons (Fsp3) is 0.714. The molecule has 6 heteroatoms. The van der Waals surface area contributed by atoms with Crippen molar-refractivity contribution in [2.75, 3.05) is 6.54 Å². The van der Waals surface area contributed by atoms with Gasteiger partial charge >= 0.3 is 5.97 Å². The largest absolute Gasteiger partial charge is 0.480 e. The van der Waals surface area contributed by atoms with E-state index in [0.717, 1.165) is 19.1 Å². The number of carboxylic acid groups (broad SMARTS) is 1. The van der Waals surface area contributed by atoms with Gasteiger partial charge < -0.3 is 21.7 Å². The van der Waals surface area contributed by atoms with Crippen molar-refractivity contribution in [1.29, 1.82) is 5.26 Å². The van der Waals surface area contributed by atoms with Gasteiger partial charge in [-0.2, -0.15) is 5.26 Å². The fourth-order valence-corrected chi connectivity index (χ4v) is 0.632. The molecule has 0 aliphatic heterocycles. The summed E-state index contributed by atoms with van der Waals surface area (Å²) in [7, 11) is 0. The minimum atomic E-state index is -0.933. The van der Waals surface area contributed by atoms with Crippen LogP contribution >= 0.6 is 0 Å². The van der Waals surface area contributed by atoms with Crippen molar-refractivity contribution < 1.29 is 15.0 Å². The molecular weight excluding hydrogens is 174 g/mol. The number of carbonyl (C=O) groups is 1. The molecule has 0 bridgehead atoms. The first kappa shape index (κ1) is 14.2. The van der Waals surface area contributed by atoms with E-state index in [4.69, 9.17) is 26.9 Å². The summed E-state index contributed by atoms with van der Waals surface area (Å²) < 4.78 is 0. The van der Waals surface area contributed by atoms with Crippen molar-refractivity contribution in [2.24, 2.45) is 11.5 Å². The monoisotopic (exact) mass is 189 g/mol. The summed E-state index contributed by atoms with van der Waals surface area (Å²) in [6.45, 7) is 0.604. The van der Waals surface area contributed by atoms with Gasteiger partial charge in [-0.3, -0.25) is 4.79 Å². The molecule has 0 radical (unpaired) electrons. The normalized spacial score (nSPS) is 10.5. The minimum absolute atomic E-state index is 0.520. The smallest absolute Gasteiger partial charge is 0.320 e. The maximum absolute atomic E-state index is 10.1. The number of nitrogens with zero attached hydrogens (tertiary/aromatic N) is 1. The van der Waals surface area contributed by atoms with Crippen LogP contribution in [-0.4, -0.2) is 28.8 Å². The third-order valence-corrected chi connectivity index (χ3v) is 1.29. The first-order valence-corrected chi connectivity index (χ1v) is 3.81. The number of hydrogen-bond acceptors (Lipinski definition) is 5. The van der Waals surface area contributed by atoms with Gasteiger partial charge in [-0.25, -0.2) is 0 Å². The summed E-state index contributed by atoms with van der Waals surface area (Å²) in [6, 6.07) is -0.716. The van der Waals surface area contributed by atoms with E-state index in [1.807, 2.05) is 0 Å². The molecule has 0 aliphatic rings. The van der Waals surface area contributed by atoms with E-state index in [1.54, 1.807) is 0 Å². The Morgan fingerprint density at radius 2 is 2.00 bits per heavy atom. The van der Waals surface area contributed by atoms with Crippen LogP contribution in [0.4, 0.5) is 0 Å². The Kier molecular flexibility index (Phi) is 11.7. The molecule has 0 aromatic rings. The second-order valence-electron chi connectivity index (χ2n) is 2.33. The van der Waals surface area contributed by atoms with E-state index >= 15 is 0 Å². The quantitative estimate of drug-likeness (QED) is 0.336. The van der Waals surface area contributed by atoms with Crippen LogP contribution in [0.15, 0.2) is 0 Å². The second kappa shape index (κ2) is 10.7. The van der Waals surface area contributed by atoms with Crippen molar-refractivity contribution in [1.82, 2.24) is 0 Å². The summed E-state index contributed by atoms with van der Waals surface area (Å²) in [5.41, 5.74) is 10.4. The molecule has 0 spiro atoms. The number of aliphatic hydroxyl groups is 1. The van der Waals surface area contributed by atoms with Crippen molar-refractivity contribution in [3.8, 4) is 6.26 Å². The highest BCUT2D eigenvalue weighted by Gasteiger charge is 2.09. The average Bonchev–Trinajstić information content (AvgIpc) is 2.06. The molecule has 76 valence electrons. The Balaban J connectivity index is 0. The standard InChI is InChI=1S/C6H14N2O2.CHNO/c7-4-2-1-3-5(8)6(9)10;2-1-3/h5H,1-4,7-8H2,(H,9,10);3H/t5-;/m0./s1. The van der Waals surface area contributed by atoms with Crippen molar-refractivity contribution in [3.05, 3.63) is 0 Å². The van der Waals surface area contributed by atoms with Crippen LogP contribution in [0.2, 0.25) is 0 Å². The van der Waals surface area contributed by atoms with Crippen LogP contribution in [0.1, 0.15) is 19.3 Å². The molecule has 0 heterocycles. The molecule has 6 nitrogen and oxygen atoms in total. The summed E-state index contributed by atoms with van der Waals surface area (Å²) in [4.78, 5) is 10.1. The zero-order chi connectivity index (χ0) is 10.7. The molecule has 0 aliphatic carbocycles. The topological polar surface area (TPSA) is 133 Å². The fourth-order valence-electron chi connectivity index (χ4n) is 0.632. The SMILES string of the molecule is N#CO.NCCCC[C@H](N)C(=O)O. The van der Waals surface area contributed by atoms with Crippen LogP contribution in [0.25, 0.3) is 0 Å².